The van der Waals surface area contributed by atoms with E-state index in [4.69, 9.17) is 16.3 Å². The van der Waals surface area contributed by atoms with Crippen molar-refractivity contribution in [2.45, 2.75) is 6.42 Å². The van der Waals surface area contributed by atoms with Gasteiger partial charge in [0.2, 0.25) is 5.91 Å². The van der Waals surface area contributed by atoms with Crippen molar-refractivity contribution in [2.24, 2.45) is 0 Å². The minimum atomic E-state index is -0.252. The van der Waals surface area contributed by atoms with Crippen molar-refractivity contribution < 1.29 is 14.3 Å². The topological polar surface area (TPSA) is 74.8 Å². The number of piperazine rings is 1. The van der Waals surface area contributed by atoms with Crippen LogP contribution in [-0.2, 0) is 11.2 Å². The third kappa shape index (κ3) is 5.38. The number of hydrogen-bond acceptors (Lipinski definition) is 6. The van der Waals surface area contributed by atoms with E-state index in [0.717, 1.165) is 18.8 Å². The van der Waals surface area contributed by atoms with Crippen molar-refractivity contribution in [3.8, 4) is 5.75 Å². The highest BCUT2D eigenvalue weighted by molar-refractivity contribution is 7.14. The van der Waals surface area contributed by atoms with Crippen LogP contribution in [0, 0.1) is 0 Å². The molecule has 2 amide bonds. The van der Waals surface area contributed by atoms with Gasteiger partial charge in [-0.3, -0.25) is 14.9 Å². The Labute approximate surface area is 195 Å². The molecule has 0 atom stereocenters. The molecule has 0 spiro atoms. The Morgan fingerprint density at radius 1 is 1.06 bits per heavy atom. The van der Waals surface area contributed by atoms with Crippen molar-refractivity contribution in [2.75, 3.05) is 43.5 Å². The Kier molecular flexibility index (Phi) is 6.92. The Balaban J connectivity index is 1.28. The van der Waals surface area contributed by atoms with Crippen molar-refractivity contribution in [3.63, 3.8) is 0 Å². The molecule has 1 saturated heterocycles. The number of methoxy groups -OCH3 is 1. The Bertz CT molecular complexity index is 1080. The highest BCUT2D eigenvalue weighted by Crippen LogP contribution is 2.21. The smallest absolute Gasteiger partial charge is 0.257 e. The first-order valence-electron chi connectivity index (χ1n) is 10.2. The number of anilines is 2. The van der Waals surface area contributed by atoms with Crippen molar-refractivity contribution >= 4 is 45.6 Å². The second-order valence-corrected chi connectivity index (χ2v) is 8.64. The summed E-state index contributed by atoms with van der Waals surface area (Å²) in [5, 5.41) is 5.78. The van der Waals surface area contributed by atoms with E-state index in [0.29, 0.717) is 40.3 Å². The van der Waals surface area contributed by atoms with Crippen LogP contribution in [-0.4, -0.2) is 55.0 Å². The summed E-state index contributed by atoms with van der Waals surface area (Å²) in [4.78, 5) is 33.6. The summed E-state index contributed by atoms with van der Waals surface area (Å²) in [5.41, 5.74) is 2.28. The molecular weight excluding hydrogens is 448 g/mol. The number of ether oxygens (including phenoxy) is 1. The number of halogens is 1. The van der Waals surface area contributed by atoms with E-state index < -0.39 is 0 Å². The van der Waals surface area contributed by atoms with Crippen LogP contribution in [0.3, 0.4) is 0 Å². The van der Waals surface area contributed by atoms with E-state index in [1.165, 1.54) is 11.3 Å². The van der Waals surface area contributed by atoms with E-state index >= 15 is 0 Å². The number of aromatic nitrogens is 1. The maximum absolute atomic E-state index is 12.7. The van der Waals surface area contributed by atoms with Gasteiger partial charge in [0.25, 0.3) is 5.91 Å². The molecule has 166 valence electrons. The van der Waals surface area contributed by atoms with E-state index in [-0.39, 0.29) is 18.2 Å². The molecule has 1 aliphatic heterocycles. The van der Waals surface area contributed by atoms with Gasteiger partial charge in [0, 0.05) is 47.8 Å². The van der Waals surface area contributed by atoms with Crippen LogP contribution >= 0.6 is 22.9 Å². The molecule has 3 aromatic rings. The summed E-state index contributed by atoms with van der Waals surface area (Å²) in [5.74, 6) is 0.475. The zero-order valence-electron chi connectivity index (χ0n) is 17.6. The summed E-state index contributed by atoms with van der Waals surface area (Å²) in [6.07, 6.45) is 0.218. The largest absolute Gasteiger partial charge is 0.497 e. The van der Waals surface area contributed by atoms with Gasteiger partial charge in [-0.05, 0) is 48.5 Å². The zero-order valence-corrected chi connectivity index (χ0v) is 19.2. The van der Waals surface area contributed by atoms with Gasteiger partial charge in [0.1, 0.15) is 5.75 Å². The monoisotopic (exact) mass is 470 g/mol. The fourth-order valence-electron chi connectivity index (χ4n) is 3.49. The van der Waals surface area contributed by atoms with Crippen molar-refractivity contribution in [1.82, 2.24) is 9.88 Å². The molecule has 7 nitrogen and oxygen atoms in total. The maximum atomic E-state index is 12.7. The molecule has 1 N–H and O–H groups in total. The molecule has 0 saturated carbocycles. The maximum Gasteiger partial charge on any atom is 0.257 e. The average molecular weight is 471 g/mol. The molecule has 0 aliphatic carbocycles. The lowest BCUT2D eigenvalue weighted by molar-refractivity contribution is -0.130. The molecule has 2 heterocycles. The third-order valence-corrected chi connectivity index (χ3v) is 6.34. The van der Waals surface area contributed by atoms with Gasteiger partial charge in [0.15, 0.2) is 5.13 Å². The molecule has 4 rings (SSSR count). The second-order valence-electron chi connectivity index (χ2n) is 7.35. The van der Waals surface area contributed by atoms with Gasteiger partial charge < -0.3 is 14.5 Å². The first-order chi connectivity index (χ1) is 15.5. The van der Waals surface area contributed by atoms with Gasteiger partial charge >= 0.3 is 0 Å². The number of nitrogens with zero attached hydrogens (tertiary/aromatic N) is 3. The van der Waals surface area contributed by atoms with Crippen LogP contribution < -0.4 is 15.0 Å². The Morgan fingerprint density at radius 3 is 2.41 bits per heavy atom. The second kappa shape index (κ2) is 10.0. The van der Waals surface area contributed by atoms with Crippen LogP contribution in [0.2, 0.25) is 5.02 Å². The van der Waals surface area contributed by atoms with Crippen LogP contribution in [0.5, 0.6) is 5.75 Å². The first-order valence-corrected chi connectivity index (χ1v) is 11.5. The zero-order chi connectivity index (χ0) is 22.5. The van der Waals surface area contributed by atoms with E-state index in [1.807, 2.05) is 34.5 Å². The fraction of sp³-hybridized carbons (Fsp3) is 0.261. The van der Waals surface area contributed by atoms with Gasteiger partial charge in [-0.15, -0.1) is 11.3 Å². The SMILES string of the molecule is COc1ccc(C(=O)Nc2nc(CC(=O)N3CCN(c4ccc(Cl)cc4)CC3)cs2)cc1. The minimum absolute atomic E-state index is 0.0408. The fourth-order valence-corrected chi connectivity index (χ4v) is 4.32. The number of rotatable bonds is 6. The lowest BCUT2D eigenvalue weighted by atomic mass is 10.2. The minimum Gasteiger partial charge on any atom is -0.497 e. The lowest BCUT2D eigenvalue weighted by Crippen LogP contribution is -2.49. The Hall–Kier alpha value is -3.10. The van der Waals surface area contributed by atoms with Gasteiger partial charge in [0.05, 0.1) is 19.2 Å². The number of hydrogen-bond donors (Lipinski definition) is 1. The quantitative estimate of drug-likeness (QED) is 0.590. The van der Waals surface area contributed by atoms with E-state index in [1.54, 1.807) is 31.4 Å². The molecule has 0 unspecified atom stereocenters. The summed E-state index contributed by atoms with van der Waals surface area (Å²) >= 11 is 7.27. The predicted molar refractivity (Wildman–Crippen MR) is 127 cm³/mol. The molecular formula is C23H23ClN4O3S. The molecule has 32 heavy (non-hydrogen) atoms. The molecule has 1 fully saturated rings. The van der Waals surface area contributed by atoms with Crippen LogP contribution in [0.15, 0.2) is 53.9 Å². The van der Waals surface area contributed by atoms with E-state index in [9.17, 15) is 9.59 Å². The third-order valence-electron chi connectivity index (χ3n) is 5.28. The lowest BCUT2D eigenvalue weighted by Gasteiger charge is -2.36. The van der Waals surface area contributed by atoms with E-state index in [2.05, 4.69) is 15.2 Å². The number of carbonyl (C=O) groups excluding carboxylic acids is 2. The standard InChI is InChI=1S/C23H23ClN4O3S/c1-31-20-8-2-16(3-9-20)22(30)26-23-25-18(15-32-23)14-21(29)28-12-10-27(11-13-28)19-6-4-17(24)5-7-19/h2-9,15H,10-14H2,1H3,(H,25,26,30). The Morgan fingerprint density at radius 2 is 1.75 bits per heavy atom. The highest BCUT2D eigenvalue weighted by Gasteiger charge is 2.22. The molecule has 2 aromatic carbocycles. The van der Waals surface area contributed by atoms with Crippen LogP contribution in [0.1, 0.15) is 16.1 Å². The highest BCUT2D eigenvalue weighted by atomic mass is 35.5. The summed E-state index contributed by atoms with van der Waals surface area (Å²) < 4.78 is 5.10. The number of benzene rings is 2. The number of carbonyl (C=O) groups is 2. The first kappa shape index (κ1) is 22.1. The van der Waals surface area contributed by atoms with Crippen LogP contribution in [0.4, 0.5) is 10.8 Å². The normalized spacial score (nSPS) is 13.7. The molecule has 0 bridgehead atoms. The van der Waals surface area contributed by atoms with Gasteiger partial charge in [-0.25, -0.2) is 4.98 Å². The summed E-state index contributed by atoms with van der Waals surface area (Å²) in [7, 11) is 1.58. The average Bonchev–Trinajstić information content (AvgIpc) is 3.26. The number of thiazole rings is 1. The molecule has 1 aromatic heterocycles. The number of amides is 2. The molecule has 9 heteroatoms. The molecule has 0 radical (unpaired) electrons. The van der Waals surface area contributed by atoms with Crippen molar-refractivity contribution in [1.29, 1.82) is 0 Å². The van der Waals surface area contributed by atoms with Gasteiger partial charge in [-0.1, -0.05) is 11.6 Å². The van der Waals surface area contributed by atoms with Crippen molar-refractivity contribution in [3.05, 3.63) is 70.2 Å². The predicted octanol–water partition coefficient (Wildman–Crippen LogP) is 3.95. The number of nitrogens with one attached hydrogen (secondary N) is 1. The molecule has 1 aliphatic rings. The van der Waals surface area contributed by atoms with Crippen LogP contribution in [0.25, 0.3) is 0 Å². The summed E-state index contributed by atoms with van der Waals surface area (Å²) in [6.45, 7) is 2.86. The summed E-state index contributed by atoms with van der Waals surface area (Å²) in [6, 6.07) is 14.6. The van der Waals surface area contributed by atoms with Gasteiger partial charge in [-0.2, -0.15) is 0 Å².